The summed E-state index contributed by atoms with van der Waals surface area (Å²) in [5.74, 6) is 0.731. The van der Waals surface area contributed by atoms with E-state index >= 15 is 0 Å². The number of nitrogens with one attached hydrogen (secondary N) is 2. The smallest absolute Gasteiger partial charge is 0.321 e. The van der Waals surface area contributed by atoms with Crippen LogP contribution in [0.1, 0.15) is 0 Å². The molecule has 9 heteroatoms. The zero-order valence-electron chi connectivity index (χ0n) is 16.5. The quantitative estimate of drug-likeness (QED) is 0.747. The van der Waals surface area contributed by atoms with Gasteiger partial charge in [0, 0.05) is 31.9 Å². The molecule has 0 bridgehead atoms. The van der Waals surface area contributed by atoms with Crippen molar-refractivity contribution in [3.63, 3.8) is 0 Å². The lowest BCUT2D eigenvalue weighted by molar-refractivity contribution is -0.152. The van der Waals surface area contributed by atoms with Crippen LogP contribution in [0.25, 0.3) is 0 Å². The molecule has 1 unspecified atom stereocenters. The van der Waals surface area contributed by atoms with Crippen molar-refractivity contribution in [3.05, 3.63) is 48.5 Å². The summed E-state index contributed by atoms with van der Waals surface area (Å²) < 4.78 is 11.1. The minimum absolute atomic E-state index is 0.202. The molecular formula is C21H22N4O5. The van der Waals surface area contributed by atoms with Crippen molar-refractivity contribution in [1.82, 2.24) is 15.1 Å². The Balaban J connectivity index is 1.35. The van der Waals surface area contributed by atoms with E-state index in [2.05, 4.69) is 10.6 Å². The van der Waals surface area contributed by atoms with Gasteiger partial charge >= 0.3 is 17.8 Å². The maximum absolute atomic E-state index is 12.6. The fourth-order valence-corrected chi connectivity index (χ4v) is 3.54. The van der Waals surface area contributed by atoms with Crippen molar-refractivity contribution in [2.75, 3.05) is 38.6 Å². The first kappa shape index (κ1) is 19.6. The molecule has 2 saturated heterocycles. The summed E-state index contributed by atoms with van der Waals surface area (Å²) in [6.07, 6.45) is 0. The van der Waals surface area contributed by atoms with Gasteiger partial charge in [-0.1, -0.05) is 12.1 Å². The molecule has 2 heterocycles. The first-order valence-electron chi connectivity index (χ1n) is 9.61. The molecule has 2 fully saturated rings. The van der Waals surface area contributed by atoms with Gasteiger partial charge in [-0.25, -0.2) is 4.79 Å². The number of hydrogen-bond acceptors (Lipinski definition) is 5. The predicted octanol–water partition coefficient (Wildman–Crippen LogP) is 1.66. The van der Waals surface area contributed by atoms with Gasteiger partial charge in [-0.05, 0) is 36.4 Å². The molecule has 0 aromatic heterocycles. The van der Waals surface area contributed by atoms with E-state index in [-0.39, 0.29) is 12.1 Å². The van der Waals surface area contributed by atoms with Gasteiger partial charge in [0.25, 0.3) is 0 Å². The summed E-state index contributed by atoms with van der Waals surface area (Å²) in [6, 6.07) is 13.9. The first-order chi connectivity index (χ1) is 14.5. The van der Waals surface area contributed by atoms with E-state index in [9.17, 15) is 14.4 Å². The molecular weight excluding hydrogens is 388 g/mol. The fraction of sp³-hybridized carbons (Fsp3) is 0.286. The summed E-state index contributed by atoms with van der Waals surface area (Å²) in [5, 5.41) is 5.42. The number of nitrogens with zero attached hydrogens (tertiary/aromatic N) is 2. The zero-order valence-corrected chi connectivity index (χ0v) is 16.5. The Morgan fingerprint density at radius 1 is 1.07 bits per heavy atom. The molecule has 2 aliphatic rings. The molecule has 0 spiro atoms. The van der Waals surface area contributed by atoms with E-state index in [0.29, 0.717) is 49.1 Å². The summed E-state index contributed by atoms with van der Waals surface area (Å²) in [6.45, 7) is 1.43. The highest BCUT2D eigenvalue weighted by Gasteiger charge is 2.38. The minimum Gasteiger partial charge on any atom is -0.493 e. The highest BCUT2D eigenvalue weighted by molar-refractivity contribution is 6.35. The zero-order chi connectivity index (χ0) is 21.1. The summed E-state index contributed by atoms with van der Waals surface area (Å²) in [7, 11) is 1.58. The molecule has 156 valence electrons. The third kappa shape index (κ3) is 4.00. The topological polar surface area (TPSA) is 100 Å². The molecule has 0 aliphatic carbocycles. The summed E-state index contributed by atoms with van der Waals surface area (Å²) in [4.78, 5) is 39.2. The van der Waals surface area contributed by atoms with Crippen molar-refractivity contribution in [2.45, 2.75) is 6.04 Å². The molecule has 2 aromatic rings. The number of para-hydroxylation sites is 2. The lowest BCUT2D eigenvalue weighted by Gasteiger charge is -2.43. The maximum atomic E-state index is 12.6. The fourth-order valence-electron chi connectivity index (χ4n) is 3.54. The number of methoxy groups -OCH3 is 1. The maximum Gasteiger partial charge on any atom is 0.321 e. The van der Waals surface area contributed by atoms with Crippen LogP contribution in [0.5, 0.6) is 17.2 Å². The molecule has 1 atom stereocenters. The summed E-state index contributed by atoms with van der Waals surface area (Å²) in [5.41, 5.74) is 0.628. The highest BCUT2D eigenvalue weighted by Crippen LogP contribution is 2.31. The lowest BCUT2D eigenvalue weighted by Crippen LogP contribution is -2.66. The largest absolute Gasteiger partial charge is 0.493 e. The van der Waals surface area contributed by atoms with Crippen molar-refractivity contribution in [3.8, 4) is 17.2 Å². The van der Waals surface area contributed by atoms with Crippen LogP contribution in [0.3, 0.4) is 0 Å². The number of fused-ring (bicyclic) bond motifs is 1. The normalized spacial score (nSPS) is 18.4. The van der Waals surface area contributed by atoms with Gasteiger partial charge in [0.1, 0.15) is 5.75 Å². The van der Waals surface area contributed by atoms with E-state index in [4.69, 9.17) is 9.47 Å². The first-order valence-corrected chi connectivity index (χ1v) is 9.61. The van der Waals surface area contributed by atoms with Gasteiger partial charge in [0.2, 0.25) is 0 Å². The second-order valence-electron chi connectivity index (χ2n) is 7.02. The van der Waals surface area contributed by atoms with Gasteiger partial charge < -0.3 is 29.9 Å². The Hall–Kier alpha value is -3.75. The molecule has 0 radical (unpaired) electrons. The number of hydrogen-bond donors (Lipinski definition) is 2. The Morgan fingerprint density at radius 3 is 2.53 bits per heavy atom. The average Bonchev–Trinajstić information content (AvgIpc) is 2.78. The van der Waals surface area contributed by atoms with Crippen molar-refractivity contribution < 1.29 is 23.9 Å². The minimum atomic E-state index is -0.584. The molecule has 9 nitrogen and oxygen atoms in total. The Bertz CT molecular complexity index is 962. The number of carbonyl (C=O) groups is 3. The van der Waals surface area contributed by atoms with Crippen LogP contribution in [-0.4, -0.2) is 67.0 Å². The molecule has 4 rings (SSSR count). The molecule has 2 aromatic carbocycles. The lowest BCUT2D eigenvalue weighted by atomic mass is 10.1. The summed E-state index contributed by atoms with van der Waals surface area (Å²) >= 11 is 0. The van der Waals surface area contributed by atoms with Crippen LogP contribution in [0.2, 0.25) is 0 Å². The van der Waals surface area contributed by atoms with Crippen LogP contribution in [0, 0.1) is 0 Å². The number of urea groups is 1. The van der Waals surface area contributed by atoms with Crippen LogP contribution >= 0.6 is 0 Å². The number of ether oxygens (including phenoxy) is 2. The molecule has 0 saturated carbocycles. The number of benzene rings is 2. The number of amides is 4. The van der Waals surface area contributed by atoms with Crippen molar-refractivity contribution >= 4 is 23.5 Å². The van der Waals surface area contributed by atoms with Gasteiger partial charge in [-0.2, -0.15) is 0 Å². The van der Waals surface area contributed by atoms with Crippen LogP contribution in [-0.2, 0) is 9.59 Å². The SMILES string of the molecule is COc1ccccc1Oc1ccc(NC(=O)N2CCN3C(=O)C(=O)NCC3C2)cc1. The van der Waals surface area contributed by atoms with Crippen LogP contribution in [0.4, 0.5) is 10.5 Å². The van der Waals surface area contributed by atoms with Gasteiger partial charge in [-0.3, -0.25) is 9.59 Å². The standard InChI is InChI=1S/C21H22N4O5/c1-29-17-4-2-3-5-18(17)30-16-8-6-14(7-9-16)23-21(28)24-10-11-25-15(13-24)12-22-19(26)20(25)27/h2-9,15H,10-13H2,1H3,(H,22,26)(H,23,28). The molecule has 4 amide bonds. The number of carbonyl (C=O) groups excluding carboxylic acids is 3. The van der Waals surface area contributed by atoms with Crippen LogP contribution < -0.4 is 20.1 Å². The van der Waals surface area contributed by atoms with Gasteiger partial charge in [0.05, 0.1) is 13.2 Å². The van der Waals surface area contributed by atoms with E-state index in [0.717, 1.165) is 0 Å². The van der Waals surface area contributed by atoms with Crippen molar-refractivity contribution in [2.24, 2.45) is 0 Å². The third-order valence-corrected chi connectivity index (χ3v) is 5.13. The number of rotatable bonds is 4. The van der Waals surface area contributed by atoms with Gasteiger partial charge in [-0.15, -0.1) is 0 Å². The van der Waals surface area contributed by atoms with Crippen LogP contribution in [0.15, 0.2) is 48.5 Å². The van der Waals surface area contributed by atoms with Crippen molar-refractivity contribution in [1.29, 1.82) is 0 Å². The monoisotopic (exact) mass is 410 g/mol. The Kier molecular flexibility index (Phi) is 5.42. The van der Waals surface area contributed by atoms with E-state index < -0.39 is 11.8 Å². The Morgan fingerprint density at radius 2 is 1.80 bits per heavy atom. The molecule has 30 heavy (non-hydrogen) atoms. The third-order valence-electron chi connectivity index (χ3n) is 5.13. The predicted molar refractivity (Wildman–Crippen MR) is 109 cm³/mol. The molecule has 2 N–H and O–H groups in total. The van der Waals surface area contributed by atoms with E-state index in [1.54, 1.807) is 36.3 Å². The molecule has 2 aliphatic heterocycles. The number of piperazine rings is 2. The number of anilines is 1. The van der Waals surface area contributed by atoms with E-state index in [1.165, 1.54) is 4.90 Å². The van der Waals surface area contributed by atoms with E-state index in [1.807, 2.05) is 24.3 Å². The second kappa shape index (κ2) is 8.32. The van der Waals surface area contributed by atoms with Gasteiger partial charge in [0.15, 0.2) is 11.5 Å². The highest BCUT2D eigenvalue weighted by atomic mass is 16.5. The second-order valence-corrected chi connectivity index (χ2v) is 7.02. The Labute approximate surface area is 173 Å². The average molecular weight is 410 g/mol.